The van der Waals surface area contributed by atoms with E-state index in [0.717, 1.165) is 6.42 Å². The van der Waals surface area contributed by atoms with E-state index in [2.05, 4.69) is 47.6 Å². The number of hydrogen-bond acceptors (Lipinski definition) is 6. The molecule has 6 rings (SSSR count). The Kier molecular flexibility index (Phi) is 6.74. The lowest BCUT2D eigenvalue weighted by Gasteiger charge is -2.50. The number of likely N-dealkylation sites (N-methyl/N-ethyl adjacent to an activating group) is 2. The van der Waals surface area contributed by atoms with Gasteiger partial charge in [0.15, 0.2) is 16.0 Å². The molecule has 0 spiro atoms. The van der Waals surface area contributed by atoms with E-state index >= 15 is 0 Å². The molecule has 0 aromatic carbocycles. The highest BCUT2D eigenvalue weighted by molar-refractivity contribution is 6.06. The van der Waals surface area contributed by atoms with Crippen molar-refractivity contribution in [3.05, 3.63) is 11.6 Å². The Labute approximate surface area is 231 Å². The molecule has 38 heavy (non-hydrogen) atoms. The average molecular weight is 522 g/mol. The molecule has 0 aliphatic carbocycles. The zero-order valence-electron chi connectivity index (χ0n) is 24.7. The van der Waals surface area contributed by atoms with Gasteiger partial charge in [0, 0.05) is 32.2 Å². The summed E-state index contributed by atoms with van der Waals surface area (Å²) in [6, 6.07) is 0.611. The predicted molar refractivity (Wildman–Crippen MR) is 147 cm³/mol. The smallest absolute Gasteiger partial charge is 0.230 e. The Morgan fingerprint density at radius 1 is 0.816 bits per heavy atom. The third-order valence-electron chi connectivity index (χ3n) is 11.1. The summed E-state index contributed by atoms with van der Waals surface area (Å²) < 4.78 is 12.6. The van der Waals surface area contributed by atoms with Gasteiger partial charge in [-0.2, -0.15) is 0 Å². The van der Waals surface area contributed by atoms with Crippen LogP contribution in [0.1, 0.15) is 61.8 Å². The second-order valence-corrected chi connectivity index (χ2v) is 13.4. The number of carbonyl (C=O) groups excluding carboxylic acids is 2. The number of ether oxygens (including phenoxy) is 2. The van der Waals surface area contributed by atoms with E-state index in [-0.39, 0.29) is 77.7 Å². The number of carbonyl (C=O) groups is 2. The first kappa shape index (κ1) is 28.2. The first-order valence-electron chi connectivity index (χ1n) is 14.2. The van der Waals surface area contributed by atoms with Crippen molar-refractivity contribution < 1.29 is 19.1 Å². The van der Waals surface area contributed by atoms with Gasteiger partial charge in [0.05, 0.1) is 47.3 Å². The fraction of sp³-hybridized carbons (Fsp3) is 0.857. The molecule has 13 unspecified atom stereocenters. The van der Waals surface area contributed by atoms with Gasteiger partial charge in [-0.25, -0.2) is 0 Å². The normalized spacial score (nSPS) is 52.3. The Morgan fingerprint density at radius 3 is 1.87 bits per heavy atom. The summed E-state index contributed by atoms with van der Waals surface area (Å²) in [6.45, 7) is 16.8. The van der Waals surface area contributed by atoms with E-state index in [0.29, 0.717) is 5.92 Å². The molecule has 0 N–H and O–H groups in total. The van der Waals surface area contributed by atoms with Gasteiger partial charge in [-0.05, 0) is 59.9 Å². The fourth-order valence-electron chi connectivity index (χ4n) is 8.32. The predicted octanol–water partition coefficient (Wildman–Crippen LogP) is 1.53. The zero-order valence-corrected chi connectivity index (χ0v) is 24.7. The highest BCUT2D eigenvalue weighted by Gasteiger charge is 2.65. The van der Waals surface area contributed by atoms with Crippen LogP contribution in [-0.2, 0) is 19.1 Å². The maximum atomic E-state index is 12.5. The minimum absolute atomic E-state index is 0.00333. The van der Waals surface area contributed by atoms with Gasteiger partial charge in [-0.3, -0.25) is 9.59 Å². The molecule has 6 aliphatic rings. The van der Waals surface area contributed by atoms with Crippen molar-refractivity contribution in [1.29, 1.82) is 0 Å². The number of piperidine rings is 1. The van der Waals surface area contributed by atoms with Gasteiger partial charge in [0.2, 0.25) is 11.8 Å². The lowest BCUT2D eigenvalue weighted by atomic mass is 9.72. The van der Waals surface area contributed by atoms with E-state index in [9.17, 15) is 9.59 Å². The molecule has 5 saturated heterocycles. The lowest BCUT2D eigenvalue weighted by Crippen LogP contribution is -2.61. The number of likely N-dealkylation sites (tertiary alicyclic amines) is 2. The monoisotopic (exact) mass is 522 g/mol. The van der Waals surface area contributed by atoms with Crippen molar-refractivity contribution in [2.45, 2.75) is 121 Å². The molecule has 0 saturated carbocycles. The SMILES string of the molecule is [B]N1C(C)C(C)=CC2(C)OC3C(C(=O)N(C)C3C)C12.[B]N1C(C)C(C)CC2(C)OC3C(C(=O)N(C)C3C)C12. The van der Waals surface area contributed by atoms with Crippen molar-refractivity contribution in [2.24, 2.45) is 17.8 Å². The minimum atomic E-state index is -0.453. The standard InChI is InChI=1S/C14H23BN2O2.C14H21BN2O2/c2*1-7-6-14(4)12(17(15)8(7)2)10-11(19-14)9(3)16(5)13(10)18/h7-12H,6H2,1-5H3;6,8-12H,1-5H3. The number of fused-ring (bicyclic) bond motifs is 6. The number of rotatable bonds is 0. The second-order valence-electron chi connectivity index (χ2n) is 13.4. The molecular weight excluding hydrogens is 478 g/mol. The molecule has 10 heteroatoms. The Balaban J connectivity index is 0.000000155. The van der Waals surface area contributed by atoms with E-state index in [4.69, 9.17) is 25.4 Å². The van der Waals surface area contributed by atoms with Crippen LogP contribution in [0.15, 0.2) is 11.6 Å². The second kappa shape index (κ2) is 9.08. The van der Waals surface area contributed by atoms with Crippen LogP contribution in [0.3, 0.4) is 0 Å². The Morgan fingerprint density at radius 2 is 1.32 bits per heavy atom. The first-order chi connectivity index (χ1) is 17.6. The summed E-state index contributed by atoms with van der Waals surface area (Å²) in [5.41, 5.74) is 0.460. The molecular formula is C28H44B2N4O4. The van der Waals surface area contributed by atoms with E-state index in [1.807, 2.05) is 42.5 Å². The molecule has 5 fully saturated rings. The lowest BCUT2D eigenvalue weighted by molar-refractivity contribution is -0.136. The van der Waals surface area contributed by atoms with E-state index in [1.54, 1.807) is 4.90 Å². The molecule has 0 aromatic heterocycles. The van der Waals surface area contributed by atoms with Crippen LogP contribution in [0.2, 0.25) is 0 Å². The number of amides is 2. The van der Waals surface area contributed by atoms with E-state index in [1.165, 1.54) is 5.57 Å². The van der Waals surface area contributed by atoms with Crippen LogP contribution in [0, 0.1) is 17.8 Å². The van der Waals surface area contributed by atoms with Crippen molar-refractivity contribution in [3.8, 4) is 0 Å². The highest BCUT2D eigenvalue weighted by atomic mass is 16.5. The molecule has 206 valence electrons. The van der Waals surface area contributed by atoms with Gasteiger partial charge in [-0.15, -0.1) is 0 Å². The molecule has 13 atom stereocenters. The van der Waals surface area contributed by atoms with Crippen molar-refractivity contribution in [3.63, 3.8) is 0 Å². The summed E-state index contributed by atoms with van der Waals surface area (Å²) in [5, 5.41) is 0. The summed E-state index contributed by atoms with van der Waals surface area (Å²) in [6.07, 6.45) is 3.05. The van der Waals surface area contributed by atoms with Crippen LogP contribution in [-0.4, -0.2) is 121 Å². The fourth-order valence-corrected chi connectivity index (χ4v) is 8.32. The van der Waals surface area contributed by atoms with Crippen molar-refractivity contribution in [1.82, 2.24) is 19.4 Å². The van der Waals surface area contributed by atoms with Crippen LogP contribution in [0.5, 0.6) is 0 Å². The third-order valence-corrected chi connectivity index (χ3v) is 11.1. The van der Waals surface area contributed by atoms with Crippen LogP contribution < -0.4 is 0 Å². The van der Waals surface area contributed by atoms with Crippen LogP contribution in [0.4, 0.5) is 0 Å². The molecule has 0 aromatic rings. The Hall–Kier alpha value is -1.35. The maximum absolute atomic E-state index is 12.5. The summed E-state index contributed by atoms with van der Waals surface area (Å²) in [7, 11) is 16.3. The largest absolute Gasteiger partial charge is 0.367 e. The maximum Gasteiger partial charge on any atom is 0.230 e. The van der Waals surface area contributed by atoms with E-state index < -0.39 is 5.60 Å². The van der Waals surface area contributed by atoms with Crippen molar-refractivity contribution >= 4 is 27.8 Å². The first-order valence-corrected chi connectivity index (χ1v) is 14.2. The quantitative estimate of drug-likeness (QED) is 0.356. The molecule has 6 heterocycles. The number of hydrogen-bond donors (Lipinski definition) is 0. The molecule has 8 nitrogen and oxygen atoms in total. The number of nitrogens with zero attached hydrogens (tertiary/aromatic N) is 4. The molecule has 4 radical (unpaired) electrons. The third kappa shape index (κ3) is 3.72. The molecule has 2 amide bonds. The topological polar surface area (TPSA) is 65.6 Å². The summed E-state index contributed by atoms with van der Waals surface area (Å²) in [5.74, 6) is 0.560. The van der Waals surface area contributed by atoms with Gasteiger partial charge < -0.3 is 28.9 Å². The van der Waals surface area contributed by atoms with Gasteiger partial charge in [-0.1, -0.05) is 25.5 Å². The van der Waals surface area contributed by atoms with Gasteiger partial charge >= 0.3 is 0 Å². The average Bonchev–Trinajstić information content (AvgIpc) is 3.46. The van der Waals surface area contributed by atoms with Crippen LogP contribution in [0.25, 0.3) is 0 Å². The summed E-state index contributed by atoms with van der Waals surface area (Å²) >= 11 is 0. The minimum Gasteiger partial charge on any atom is -0.367 e. The summed E-state index contributed by atoms with van der Waals surface area (Å²) in [4.78, 5) is 32.3. The van der Waals surface area contributed by atoms with Crippen LogP contribution >= 0.6 is 0 Å². The van der Waals surface area contributed by atoms with Gasteiger partial charge in [0.25, 0.3) is 0 Å². The van der Waals surface area contributed by atoms with Gasteiger partial charge in [0.1, 0.15) is 0 Å². The Bertz CT molecular complexity index is 1040. The molecule has 6 aliphatic heterocycles. The van der Waals surface area contributed by atoms with Crippen molar-refractivity contribution in [2.75, 3.05) is 14.1 Å². The highest BCUT2D eigenvalue weighted by Crippen LogP contribution is 2.51. The zero-order chi connectivity index (χ0) is 28.2. The molecule has 0 bridgehead atoms.